The highest BCUT2D eigenvalue weighted by Gasteiger charge is 2.03. The van der Waals surface area contributed by atoms with Gasteiger partial charge in [0.2, 0.25) is 0 Å². The Bertz CT molecular complexity index is 510. The van der Waals surface area contributed by atoms with Crippen molar-refractivity contribution in [2.75, 3.05) is 6.54 Å². The average molecular weight is 217 g/mol. The molecule has 0 radical (unpaired) electrons. The van der Waals surface area contributed by atoms with E-state index in [4.69, 9.17) is 11.0 Å². The molecule has 0 aliphatic heterocycles. The van der Waals surface area contributed by atoms with Crippen LogP contribution in [0.1, 0.15) is 17.0 Å². The fraction of sp³-hybridized carbons (Fsp3) is 0.273. The van der Waals surface area contributed by atoms with Crippen molar-refractivity contribution in [1.29, 1.82) is 5.26 Å². The normalized spacial score (nSPS) is 10.4. The largest absolute Gasteiger partial charge is 0.330 e. The zero-order valence-corrected chi connectivity index (χ0v) is 9.05. The Morgan fingerprint density at radius 1 is 1.47 bits per heavy atom. The minimum Gasteiger partial charge on any atom is -0.330 e. The maximum Gasteiger partial charge on any atom is 0.195 e. The van der Waals surface area contributed by atoms with Crippen LogP contribution in [-0.4, -0.2) is 11.5 Å². The second-order valence-electron chi connectivity index (χ2n) is 3.33. The summed E-state index contributed by atoms with van der Waals surface area (Å²) in [5.74, 6) is 0. The van der Waals surface area contributed by atoms with E-state index in [9.17, 15) is 0 Å². The van der Waals surface area contributed by atoms with E-state index < -0.39 is 0 Å². The molecule has 0 bridgehead atoms. The smallest absolute Gasteiger partial charge is 0.195 e. The lowest BCUT2D eigenvalue weighted by molar-refractivity contribution is 0.833. The van der Waals surface area contributed by atoms with Gasteiger partial charge in [0.25, 0.3) is 0 Å². The standard InChI is InChI=1S/C11H11N3S/c12-5-1-2-8-3-4-9-10(6-8)15-11(7-13)14-9/h3-4,6H,1-2,5,12H2. The fourth-order valence-electron chi connectivity index (χ4n) is 1.48. The zero-order chi connectivity index (χ0) is 10.7. The summed E-state index contributed by atoms with van der Waals surface area (Å²) >= 11 is 1.44. The number of nitriles is 1. The molecule has 2 rings (SSSR count). The molecule has 0 unspecified atom stereocenters. The predicted molar refractivity (Wildman–Crippen MR) is 61.7 cm³/mol. The second-order valence-corrected chi connectivity index (χ2v) is 4.36. The molecule has 4 heteroatoms. The van der Waals surface area contributed by atoms with Crippen LogP contribution >= 0.6 is 11.3 Å². The first-order valence-corrected chi connectivity index (χ1v) is 5.65. The highest BCUT2D eigenvalue weighted by Crippen LogP contribution is 2.23. The summed E-state index contributed by atoms with van der Waals surface area (Å²) in [4.78, 5) is 4.19. The zero-order valence-electron chi connectivity index (χ0n) is 8.23. The van der Waals surface area contributed by atoms with Crippen LogP contribution in [0, 0.1) is 11.3 Å². The molecule has 0 aliphatic rings. The first-order chi connectivity index (χ1) is 7.33. The van der Waals surface area contributed by atoms with Gasteiger partial charge in [-0.05, 0) is 37.1 Å². The van der Waals surface area contributed by atoms with Crippen molar-refractivity contribution in [3.8, 4) is 6.07 Å². The molecule has 0 saturated carbocycles. The first-order valence-electron chi connectivity index (χ1n) is 4.83. The van der Waals surface area contributed by atoms with Crippen LogP contribution in [0.15, 0.2) is 18.2 Å². The monoisotopic (exact) mass is 217 g/mol. The number of thiazole rings is 1. The Morgan fingerprint density at radius 3 is 3.07 bits per heavy atom. The number of benzene rings is 1. The first kappa shape index (κ1) is 10.1. The number of aromatic nitrogens is 1. The van der Waals surface area contributed by atoms with Gasteiger partial charge in [-0.25, -0.2) is 4.98 Å². The van der Waals surface area contributed by atoms with E-state index in [-0.39, 0.29) is 0 Å². The molecule has 1 aromatic carbocycles. The molecule has 0 aliphatic carbocycles. The Labute approximate surface area is 92.2 Å². The van der Waals surface area contributed by atoms with E-state index >= 15 is 0 Å². The summed E-state index contributed by atoms with van der Waals surface area (Å²) in [5.41, 5.74) is 7.64. The van der Waals surface area contributed by atoms with E-state index in [2.05, 4.69) is 23.2 Å². The van der Waals surface area contributed by atoms with Crippen LogP contribution in [-0.2, 0) is 6.42 Å². The van der Waals surface area contributed by atoms with Crippen LogP contribution in [0.25, 0.3) is 10.2 Å². The van der Waals surface area contributed by atoms with E-state index in [1.54, 1.807) is 0 Å². The molecule has 1 aromatic heterocycles. The Balaban J connectivity index is 2.34. The lowest BCUT2D eigenvalue weighted by Crippen LogP contribution is -1.99. The molecule has 0 spiro atoms. The molecule has 0 atom stereocenters. The Kier molecular flexibility index (Phi) is 2.95. The van der Waals surface area contributed by atoms with Crippen molar-refractivity contribution in [3.05, 3.63) is 28.8 Å². The quantitative estimate of drug-likeness (QED) is 0.856. The summed E-state index contributed by atoms with van der Waals surface area (Å²) < 4.78 is 1.08. The Hall–Kier alpha value is -1.44. The number of hydrogen-bond donors (Lipinski definition) is 1. The van der Waals surface area contributed by atoms with Crippen LogP contribution in [0.4, 0.5) is 0 Å². The minimum atomic E-state index is 0.529. The van der Waals surface area contributed by atoms with Gasteiger partial charge in [-0.3, -0.25) is 0 Å². The van der Waals surface area contributed by atoms with E-state index in [0.29, 0.717) is 11.6 Å². The number of rotatable bonds is 3. The van der Waals surface area contributed by atoms with Gasteiger partial charge in [-0.2, -0.15) is 5.26 Å². The van der Waals surface area contributed by atoms with E-state index in [1.807, 2.05) is 6.07 Å². The van der Waals surface area contributed by atoms with Crippen molar-refractivity contribution < 1.29 is 0 Å². The van der Waals surface area contributed by atoms with E-state index in [1.165, 1.54) is 16.9 Å². The molecule has 1 heterocycles. The Morgan fingerprint density at radius 2 is 2.33 bits per heavy atom. The molecule has 0 amide bonds. The topological polar surface area (TPSA) is 62.7 Å². The predicted octanol–water partition coefficient (Wildman–Crippen LogP) is 2.06. The molecule has 0 fully saturated rings. The van der Waals surface area contributed by atoms with Gasteiger partial charge < -0.3 is 5.73 Å². The molecule has 2 N–H and O–H groups in total. The van der Waals surface area contributed by atoms with Crippen molar-refractivity contribution >= 4 is 21.6 Å². The molecule has 2 aromatic rings. The number of aryl methyl sites for hydroxylation is 1. The molecule has 15 heavy (non-hydrogen) atoms. The number of hydrogen-bond acceptors (Lipinski definition) is 4. The molecule has 3 nitrogen and oxygen atoms in total. The highest BCUT2D eigenvalue weighted by molar-refractivity contribution is 7.19. The summed E-state index contributed by atoms with van der Waals surface area (Å²) in [5, 5.41) is 9.26. The van der Waals surface area contributed by atoms with Gasteiger partial charge in [0, 0.05) is 0 Å². The van der Waals surface area contributed by atoms with Gasteiger partial charge in [-0.15, -0.1) is 11.3 Å². The van der Waals surface area contributed by atoms with Crippen molar-refractivity contribution in [2.45, 2.75) is 12.8 Å². The molecular formula is C11H11N3S. The fourth-order valence-corrected chi connectivity index (χ4v) is 2.31. The minimum absolute atomic E-state index is 0.529. The van der Waals surface area contributed by atoms with Gasteiger partial charge >= 0.3 is 0 Å². The number of nitrogens with zero attached hydrogens (tertiary/aromatic N) is 2. The third-order valence-corrected chi connectivity index (χ3v) is 3.14. The third kappa shape index (κ3) is 2.14. The highest BCUT2D eigenvalue weighted by atomic mass is 32.1. The molecule has 76 valence electrons. The van der Waals surface area contributed by atoms with Gasteiger partial charge in [0.15, 0.2) is 5.01 Å². The van der Waals surface area contributed by atoms with E-state index in [0.717, 1.165) is 23.1 Å². The average Bonchev–Trinajstić information content (AvgIpc) is 2.68. The maximum atomic E-state index is 8.73. The SMILES string of the molecule is N#Cc1nc2ccc(CCCN)cc2s1. The van der Waals surface area contributed by atoms with Crippen molar-refractivity contribution in [2.24, 2.45) is 5.73 Å². The number of nitrogens with two attached hydrogens (primary N) is 1. The number of fused-ring (bicyclic) bond motifs is 1. The van der Waals surface area contributed by atoms with Gasteiger partial charge in [0.05, 0.1) is 10.2 Å². The summed E-state index contributed by atoms with van der Waals surface area (Å²) in [7, 11) is 0. The third-order valence-electron chi connectivity index (χ3n) is 2.22. The summed E-state index contributed by atoms with van der Waals surface area (Å²) in [6.07, 6.45) is 1.99. The lowest BCUT2D eigenvalue weighted by Gasteiger charge is -1.98. The summed E-state index contributed by atoms with van der Waals surface area (Å²) in [6.45, 7) is 0.712. The second kappa shape index (κ2) is 4.39. The maximum absolute atomic E-state index is 8.73. The van der Waals surface area contributed by atoms with Gasteiger partial charge in [-0.1, -0.05) is 6.07 Å². The molecule has 0 saturated heterocycles. The van der Waals surface area contributed by atoms with Crippen molar-refractivity contribution in [3.63, 3.8) is 0 Å². The molecular weight excluding hydrogens is 206 g/mol. The van der Waals surface area contributed by atoms with Crippen LogP contribution in [0.5, 0.6) is 0 Å². The lowest BCUT2D eigenvalue weighted by atomic mass is 10.1. The van der Waals surface area contributed by atoms with Crippen LogP contribution in [0.3, 0.4) is 0 Å². The van der Waals surface area contributed by atoms with Crippen LogP contribution in [0.2, 0.25) is 0 Å². The van der Waals surface area contributed by atoms with Gasteiger partial charge in [0.1, 0.15) is 6.07 Å². The summed E-state index contributed by atoms with van der Waals surface area (Å²) in [6, 6.07) is 8.19. The van der Waals surface area contributed by atoms with Crippen molar-refractivity contribution in [1.82, 2.24) is 4.98 Å². The van der Waals surface area contributed by atoms with Crippen LogP contribution < -0.4 is 5.73 Å².